The molecule has 3 aromatic rings. The lowest BCUT2D eigenvalue weighted by atomic mass is 10.1. The van der Waals surface area contributed by atoms with Crippen LogP contribution >= 0.6 is 11.6 Å². The van der Waals surface area contributed by atoms with Crippen molar-refractivity contribution in [3.63, 3.8) is 0 Å². The van der Waals surface area contributed by atoms with E-state index >= 15 is 0 Å². The predicted octanol–water partition coefficient (Wildman–Crippen LogP) is -1.05. The number of aromatic nitrogens is 5. The van der Waals surface area contributed by atoms with E-state index < -0.39 is 30.4 Å². The molecule has 13 nitrogen and oxygen atoms in total. The summed E-state index contributed by atoms with van der Waals surface area (Å²) >= 11 is 5.75. The second-order valence-corrected chi connectivity index (χ2v) is 8.02. The molecule has 35 heavy (non-hydrogen) atoms. The second-order valence-electron chi connectivity index (χ2n) is 7.63. The number of carbonyl (C=O) groups is 2. The standard InChI is InChI=1S/C21H21ClN8O5/c1-24-19(33)16-14(31)15(32)21(35-16)30-9-26-13-17(23)27-12(28-18(13)30)4-3-7-29(2)20(34)10-5-6-11(22)25-8-10/h5-6,8-9,14-16,21,31-32H,7H2,1-2H3,(H,24,33)(H2,23,27,28)/t14-,15?,16-,21+/m0/s1. The SMILES string of the molecule is CNC(=O)[C@H]1O[C@@H](n2cnc3c(N)nc(C#CCN(C)C(=O)c4ccc(Cl)nc4)nc32)C(O)[C@@H]1O. The normalized spacial score (nSPS) is 21.4. The summed E-state index contributed by atoms with van der Waals surface area (Å²) in [4.78, 5) is 42.3. The highest BCUT2D eigenvalue weighted by Gasteiger charge is 2.47. The van der Waals surface area contributed by atoms with Crippen LogP contribution < -0.4 is 11.1 Å². The minimum absolute atomic E-state index is 0.0330. The molecule has 182 valence electrons. The quantitative estimate of drug-likeness (QED) is 0.254. The first-order valence-electron chi connectivity index (χ1n) is 10.3. The zero-order chi connectivity index (χ0) is 25.3. The van der Waals surface area contributed by atoms with E-state index in [1.54, 1.807) is 13.1 Å². The highest BCUT2D eigenvalue weighted by Crippen LogP contribution is 2.32. The van der Waals surface area contributed by atoms with Gasteiger partial charge in [0.15, 0.2) is 23.8 Å². The van der Waals surface area contributed by atoms with Gasteiger partial charge in [0.2, 0.25) is 5.82 Å². The lowest BCUT2D eigenvalue weighted by molar-refractivity contribution is -0.137. The van der Waals surface area contributed by atoms with Crippen LogP contribution in [0.25, 0.3) is 11.2 Å². The number of aliphatic hydroxyl groups excluding tert-OH is 2. The molecule has 1 saturated heterocycles. The van der Waals surface area contributed by atoms with Gasteiger partial charge in [0, 0.05) is 20.3 Å². The Morgan fingerprint density at radius 2 is 2.06 bits per heavy atom. The molecule has 0 saturated carbocycles. The molecular formula is C21H21ClN8O5. The molecule has 0 aliphatic carbocycles. The Hall–Kier alpha value is -3.83. The average Bonchev–Trinajstić information content (AvgIpc) is 3.39. The minimum atomic E-state index is -1.46. The zero-order valence-corrected chi connectivity index (χ0v) is 19.3. The minimum Gasteiger partial charge on any atom is -0.387 e. The highest BCUT2D eigenvalue weighted by molar-refractivity contribution is 6.29. The number of nitrogen functional groups attached to an aromatic ring is 1. The fourth-order valence-corrected chi connectivity index (χ4v) is 3.57. The Bertz CT molecular complexity index is 1340. The number of halogens is 1. The topological polar surface area (TPSA) is 182 Å². The van der Waals surface area contributed by atoms with Crippen molar-refractivity contribution in [2.24, 2.45) is 0 Å². The fourth-order valence-electron chi connectivity index (χ4n) is 3.46. The number of aliphatic hydroxyl groups is 2. The number of amides is 2. The maximum absolute atomic E-state index is 12.5. The maximum Gasteiger partial charge on any atom is 0.255 e. The van der Waals surface area contributed by atoms with Crippen molar-refractivity contribution >= 4 is 40.4 Å². The highest BCUT2D eigenvalue weighted by atomic mass is 35.5. The number of imidazole rings is 1. The Morgan fingerprint density at radius 1 is 1.29 bits per heavy atom. The average molecular weight is 501 g/mol. The Morgan fingerprint density at radius 3 is 2.74 bits per heavy atom. The molecule has 1 aliphatic heterocycles. The van der Waals surface area contributed by atoms with Gasteiger partial charge in [-0.1, -0.05) is 17.5 Å². The molecule has 5 N–H and O–H groups in total. The summed E-state index contributed by atoms with van der Waals surface area (Å²) in [6.07, 6.45) is -2.63. The van der Waals surface area contributed by atoms with Crippen molar-refractivity contribution in [1.82, 2.24) is 34.7 Å². The van der Waals surface area contributed by atoms with Gasteiger partial charge in [-0.05, 0) is 18.1 Å². The van der Waals surface area contributed by atoms with Gasteiger partial charge in [0.05, 0.1) is 18.4 Å². The van der Waals surface area contributed by atoms with Crippen LogP contribution in [0.2, 0.25) is 5.15 Å². The van der Waals surface area contributed by atoms with Gasteiger partial charge in [-0.15, -0.1) is 0 Å². The molecule has 0 aromatic carbocycles. The molecule has 0 spiro atoms. The molecular weight excluding hydrogens is 480 g/mol. The van der Waals surface area contributed by atoms with Gasteiger partial charge in [0.1, 0.15) is 22.9 Å². The number of likely N-dealkylation sites (N-methyl/N-ethyl adjacent to an activating group) is 1. The molecule has 0 bridgehead atoms. The van der Waals surface area contributed by atoms with E-state index in [0.717, 1.165) is 0 Å². The Balaban J connectivity index is 1.56. The molecule has 2 amide bonds. The number of anilines is 1. The number of nitrogens with zero attached hydrogens (tertiary/aromatic N) is 6. The van der Waals surface area contributed by atoms with Crippen LogP contribution in [0, 0.1) is 11.8 Å². The number of hydrogen-bond acceptors (Lipinski definition) is 10. The van der Waals surface area contributed by atoms with Crippen LogP contribution in [0.15, 0.2) is 24.7 Å². The van der Waals surface area contributed by atoms with Crippen LogP contribution in [0.4, 0.5) is 5.82 Å². The van der Waals surface area contributed by atoms with E-state index in [1.807, 2.05) is 0 Å². The van der Waals surface area contributed by atoms with E-state index in [9.17, 15) is 19.8 Å². The number of carbonyl (C=O) groups excluding carboxylic acids is 2. The first-order valence-corrected chi connectivity index (χ1v) is 10.7. The van der Waals surface area contributed by atoms with Crippen LogP contribution in [-0.2, 0) is 9.53 Å². The van der Waals surface area contributed by atoms with Crippen molar-refractivity contribution in [3.05, 3.63) is 41.2 Å². The summed E-state index contributed by atoms with van der Waals surface area (Å²) in [6, 6.07) is 3.08. The zero-order valence-electron chi connectivity index (χ0n) is 18.6. The third kappa shape index (κ3) is 4.73. The summed E-state index contributed by atoms with van der Waals surface area (Å²) < 4.78 is 6.92. The summed E-state index contributed by atoms with van der Waals surface area (Å²) in [5.41, 5.74) is 6.78. The summed E-state index contributed by atoms with van der Waals surface area (Å²) in [6.45, 7) is 0.0620. The molecule has 1 unspecified atom stereocenters. The largest absolute Gasteiger partial charge is 0.387 e. The van der Waals surface area contributed by atoms with Crippen molar-refractivity contribution in [1.29, 1.82) is 0 Å². The van der Waals surface area contributed by atoms with Gasteiger partial charge in [-0.25, -0.2) is 19.9 Å². The lowest BCUT2D eigenvalue weighted by Gasteiger charge is -2.16. The Labute approximate surface area is 203 Å². The number of ether oxygens (including phenoxy) is 1. The third-order valence-electron chi connectivity index (χ3n) is 5.30. The maximum atomic E-state index is 12.5. The van der Waals surface area contributed by atoms with Crippen molar-refractivity contribution in [2.75, 3.05) is 26.4 Å². The molecule has 1 fully saturated rings. The van der Waals surface area contributed by atoms with Gasteiger partial charge >= 0.3 is 0 Å². The van der Waals surface area contributed by atoms with E-state index in [2.05, 4.69) is 37.1 Å². The monoisotopic (exact) mass is 500 g/mol. The first kappa shape index (κ1) is 24.3. The number of nitrogens with one attached hydrogen (secondary N) is 1. The van der Waals surface area contributed by atoms with E-state index in [4.69, 9.17) is 22.1 Å². The smallest absolute Gasteiger partial charge is 0.255 e. The number of hydrogen-bond donors (Lipinski definition) is 4. The molecule has 1 aliphatic rings. The lowest BCUT2D eigenvalue weighted by Crippen LogP contribution is -2.41. The number of pyridine rings is 1. The predicted molar refractivity (Wildman–Crippen MR) is 123 cm³/mol. The van der Waals surface area contributed by atoms with Crippen molar-refractivity contribution < 1.29 is 24.5 Å². The van der Waals surface area contributed by atoms with Crippen molar-refractivity contribution in [3.8, 4) is 11.8 Å². The summed E-state index contributed by atoms with van der Waals surface area (Å²) in [7, 11) is 2.97. The molecule has 14 heteroatoms. The van der Waals surface area contributed by atoms with Crippen LogP contribution in [-0.4, -0.2) is 90.4 Å². The Kier molecular flexibility index (Phi) is 6.81. The fraction of sp³-hybridized carbons (Fsp3) is 0.333. The molecule has 4 rings (SSSR count). The van der Waals surface area contributed by atoms with Gasteiger partial charge in [-0.3, -0.25) is 14.2 Å². The van der Waals surface area contributed by atoms with Crippen LogP contribution in [0.5, 0.6) is 0 Å². The van der Waals surface area contributed by atoms with E-state index in [-0.39, 0.29) is 40.4 Å². The first-order chi connectivity index (χ1) is 16.7. The number of fused-ring (bicyclic) bond motifs is 1. The van der Waals surface area contributed by atoms with Crippen molar-refractivity contribution in [2.45, 2.75) is 24.5 Å². The van der Waals surface area contributed by atoms with Gasteiger partial charge in [0.25, 0.3) is 11.8 Å². The number of rotatable bonds is 4. The second kappa shape index (κ2) is 9.80. The summed E-state index contributed by atoms with van der Waals surface area (Å²) in [5.74, 6) is 4.75. The molecule has 3 aromatic heterocycles. The van der Waals surface area contributed by atoms with Gasteiger partial charge < -0.3 is 30.9 Å². The van der Waals surface area contributed by atoms with Crippen LogP contribution in [0.3, 0.4) is 0 Å². The van der Waals surface area contributed by atoms with Gasteiger partial charge in [-0.2, -0.15) is 0 Å². The van der Waals surface area contributed by atoms with Crippen LogP contribution in [0.1, 0.15) is 22.4 Å². The third-order valence-corrected chi connectivity index (χ3v) is 5.53. The summed E-state index contributed by atoms with van der Waals surface area (Å²) in [5, 5.41) is 23.3. The molecule has 4 atom stereocenters. The molecule has 0 radical (unpaired) electrons. The van der Waals surface area contributed by atoms with E-state index in [1.165, 1.54) is 35.1 Å². The van der Waals surface area contributed by atoms with E-state index in [0.29, 0.717) is 5.56 Å². The number of nitrogens with two attached hydrogens (primary N) is 1. The molecule has 4 heterocycles.